The Balaban J connectivity index is 2.20. The van der Waals surface area contributed by atoms with Crippen LogP contribution in [-0.2, 0) is 4.79 Å². The molecule has 3 heteroatoms. The number of aliphatic hydroxyl groups excluding tert-OH is 1. The highest BCUT2D eigenvalue weighted by atomic mass is 16.3. The molecule has 20 heavy (non-hydrogen) atoms. The molecule has 1 aromatic rings. The first-order valence-electron chi connectivity index (χ1n) is 7.65. The molecule has 0 aliphatic heterocycles. The molecule has 0 aliphatic carbocycles. The van der Waals surface area contributed by atoms with Crippen molar-refractivity contribution in [3.8, 4) is 0 Å². The number of carbonyl (C=O) groups excluding carboxylic acids is 1. The lowest BCUT2D eigenvalue weighted by Crippen LogP contribution is -2.26. The number of hydrogen-bond donors (Lipinski definition) is 2. The van der Waals surface area contributed by atoms with E-state index in [9.17, 15) is 9.90 Å². The van der Waals surface area contributed by atoms with Crippen molar-refractivity contribution in [1.82, 2.24) is 5.32 Å². The van der Waals surface area contributed by atoms with Crippen LogP contribution in [0.3, 0.4) is 0 Å². The molecule has 1 aromatic carbocycles. The Morgan fingerprint density at radius 2 is 1.85 bits per heavy atom. The highest BCUT2D eigenvalue weighted by Gasteiger charge is 2.10. The Hall–Kier alpha value is -1.35. The Bertz CT molecular complexity index is 378. The summed E-state index contributed by atoms with van der Waals surface area (Å²) >= 11 is 0. The van der Waals surface area contributed by atoms with Crippen molar-refractivity contribution in [2.75, 3.05) is 0 Å². The summed E-state index contributed by atoms with van der Waals surface area (Å²) in [6, 6.07) is 9.98. The zero-order valence-corrected chi connectivity index (χ0v) is 12.6. The largest absolute Gasteiger partial charge is 0.393 e. The van der Waals surface area contributed by atoms with Gasteiger partial charge in [0.05, 0.1) is 12.1 Å². The fraction of sp³-hybridized carbons (Fsp3) is 0.588. The first kappa shape index (κ1) is 16.7. The van der Waals surface area contributed by atoms with Crippen molar-refractivity contribution in [2.24, 2.45) is 0 Å². The number of hydrogen-bond acceptors (Lipinski definition) is 2. The van der Waals surface area contributed by atoms with E-state index in [-0.39, 0.29) is 18.1 Å². The fourth-order valence-corrected chi connectivity index (χ4v) is 2.22. The average molecular weight is 277 g/mol. The van der Waals surface area contributed by atoms with Crippen LogP contribution in [0, 0.1) is 0 Å². The zero-order valence-electron chi connectivity index (χ0n) is 12.6. The summed E-state index contributed by atoms with van der Waals surface area (Å²) in [7, 11) is 0. The average Bonchev–Trinajstić information content (AvgIpc) is 2.46. The van der Waals surface area contributed by atoms with Crippen LogP contribution in [0.1, 0.15) is 64.0 Å². The summed E-state index contributed by atoms with van der Waals surface area (Å²) in [5.41, 5.74) is 1.11. The molecule has 2 N–H and O–H groups in total. The zero-order chi connectivity index (χ0) is 14.8. The highest BCUT2D eigenvalue weighted by molar-refractivity contribution is 5.76. The lowest BCUT2D eigenvalue weighted by atomic mass is 10.1. The van der Waals surface area contributed by atoms with Crippen molar-refractivity contribution < 1.29 is 9.90 Å². The van der Waals surface area contributed by atoms with E-state index in [1.165, 1.54) is 0 Å². The van der Waals surface area contributed by atoms with Crippen LogP contribution in [0.25, 0.3) is 0 Å². The molecule has 3 nitrogen and oxygen atoms in total. The third-order valence-corrected chi connectivity index (χ3v) is 3.51. The Morgan fingerprint density at radius 3 is 2.50 bits per heavy atom. The maximum atomic E-state index is 11.8. The smallest absolute Gasteiger partial charge is 0.220 e. The number of carbonyl (C=O) groups is 1. The predicted octanol–water partition coefficient (Wildman–Crippen LogP) is 3.59. The molecule has 0 heterocycles. The number of unbranched alkanes of at least 4 members (excludes halogenated alkanes) is 1. The van der Waals surface area contributed by atoms with Gasteiger partial charge in [0.25, 0.3) is 0 Å². The third-order valence-electron chi connectivity index (χ3n) is 3.51. The van der Waals surface area contributed by atoms with E-state index in [1.807, 2.05) is 37.3 Å². The lowest BCUT2D eigenvalue weighted by molar-refractivity contribution is -0.121. The molecule has 1 rings (SSSR count). The van der Waals surface area contributed by atoms with E-state index >= 15 is 0 Å². The van der Waals surface area contributed by atoms with E-state index in [2.05, 4.69) is 12.2 Å². The van der Waals surface area contributed by atoms with Gasteiger partial charge in [-0.1, -0.05) is 50.1 Å². The molecule has 0 spiro atoms. The molecule has 0 bridgehead atoms. The number of nitrogens with one attached hydrogen (secondary N) is 1. The van der Waals surface area contributed by atoms with Crippen molar-refractivity contribution in [1.29, 1.82) is 0 Å². The first-order valence-corrected chi connectivity index (χ1v) is 7.65. The summed E-state index contributed by atoms with van der Waals surface area (Å²) in [5, 5.41) is 12.7. The molecule has 2 unspecified atom stereocenters. The number of amides is 1. The Labute approximate surface area is 122 Å². The van der Waals surface area contributed by atoms with Crippen LogP contribution in [0.2, 0.25) is 0 Å². The van der Waals surface area contributed by atoms with E-state index in [1.54, 1.807) is 0 Å². The first-order chi connectivity index (χ1) is 9.63. The summed E-state index contributed by atoms with van der Waals surface area (Å²) in [4.78, 5) is 11.8. The molecule has 1 amide bonds. The molecule has 2 atom stereocenters. The van der Waals surface area contributed by atoms with Crippen molar-refractivity contribution in [3.63, 3.8) is 0 Å². The molecule has 0 fully saturated rings. The molecule has 112 valence electrons. The lowest BCUT2D eigenvalue weighted by Gasteiger charge is -2.15. The second-order valence-corrected chi connectivity index (χ2v) is 5.39. The minimum atomic E-state index is -0.255. The molecular formula is C17H27NO2. The van der Waals surface area contributed by atoms with E-state index < -0.39 is 0 Å². The summed E-state index contributed by atoms with van der Waals surface area (Å²) < 4.78 is 0. The summed E-state index contributed by atoms with van der Waals surface area (Å²) in [6.07, 6.45) is 4.70. The van der Waals surface area contributed by atoms with Gasteiger partial charge >= 0.3 is 0 Å². The van der Waals surface area contributed by atoms with Crippen LogP contribution in [-0.4, -0.2) is 17.1 Å². The number of rotatable bonds is 9. The van der Waals surface area contributed by atoms with Crippen LogP contribution < -0.4 is 5.32 Å². The number of benzene rings is 1. The van der Waals surface area contributed by atoms with Crippen LogP contribution in [0.4, 0.5) is 0 Å². The Morgan fingerprint density at radius 1 is 1.20 bits per heavy atom. The van der Waals surface area contributed by atoms with Gasteiger partial charge in [0, 0.05) is 6.42 Å². The van der Waals surface area contributed by atoms with Gasteiger partial charge in [-0.2, -0.15) is 0 Å². The van der Waals surface area contributed by atoms with Gasteiger partial charge in [0.2, 0.25) is 5.91 Å². The van der Waals surface area contributed by atoms with Gasteiger partial charge in [0.1, 0.15) is 0 Å². The van der Waals surface area contributed by atoms with Gasteiger partial charge < -0.3 is 10.4 Å². The van der Waals surface area contributed by atoms with E-state index in [0.29, 0.717) is 12.8 Å². The molecule has 0 aliphatic rings. The summed E-state index contributed by atoms with van der Waals surface area (Å²) in [6.45, 7) is 4.11. The normalized spacial score (nSPS) is 13.8. The maximum absolute atomic E-state index is 11.8. The van der Waals surface area contributed by atoms with Crippen molar-refractivity contribution in [2.45, 2.75) is 64.5 Å². The van der Waals surface area contributed by atoms with Crippen LogP contribution in [0.5, 0.6) is 0 Å². The Kier molecular flexibility index (Phi) is 7.97. The monoisotopic (exact) mass is 277 g/mol. The summed E-state index contributed by atoms with van der Waals surface area (Å²) in [5.74, 6) is 0.0593. The van der Waals surface area contributed by atoms with Gasteiger partial charge in [0.15, 0.2) is 0 Å². The topological polar surface area (TPSA) is 49.3 Å². The van der Waals surface area contributed by atoms with Crippen molar-refractivity contribution in [3.05, 3.63) is 35.9 Å². The molecule has 0 saturated heterocycles. The highest BCUT2D eigenvalue weighted by Crippen LogP contribution is 2.12. The SMILES string of the molecule is CCCCC(O)CCCC(=O)NC(C)c1ccccc1. The molecule has 0 saturated carbocycles. The van der Waals surface area contributed by atoms with E-state index in [0.717, 1.165) is 31.2 Å². The van der Waals surface area contributed by atoms with Crippen LogP contribution in [0.15, 0.2) is 30.3 Å². The molecule has 0 aromatic heterocycles. The quantitative estimate of drug-likeness (QED) is 0.724. The van der Waals surface area contributed by atoms with Crippen LogP contribution >= 0.6 is 0 Å². The molecule has 0 radical (unpaired) electrons. The second-order valence-electron chi connectivity index (χ2n) is 5.39. The second kappa shape index (κ2) is 9.54. The maximum Gasteiger partial charge on any atom is 0.220 e. The van der Waals surface area contributed by atoms with Gasteiger partial charge in [-0.05, 0) is 31.7 Å². The predicted molar refractivity (Wildman–Crippen MR) is 82.4 cm³/mol. The van der Waals surface area contributed by atoms with Gasteiger partial charge in [-0.15, -0.1) is 0 Å². The van der Waals surface area contributed by atoms with Gasteiger partial charge in [-0.25, -0.2) is 0 Å². The van der Waals surface area contributed by atoms with Crippen molar-refractivity contribution >= 4 is 5.91 Å². The standard InChI is InChI=1S/C17H27NO2/c1-3-4-11-16(19)12-8-13-17(20)18-14(2)15-9-6-5-7-10-15/h5-7,9-10,14,16,19H,3-4,8,11-13H2,1-2H3,(H,18,20). The minimum absolute atomic E-state index is 0.0358. The van der Waals surface area contributed by atoms with Gasteiger partial charge in [-0.3, -0.25) is 4.79 Å². The third kappa shape index (κ3) is 6.71. The fourth-order valence-electron chi connectivity index (χ4n) is 2.22. The number of aliphatic hydroxyl groups is 1. The minimum Gasteiger partial charge on any atom is -0.393 e. The van der Waals surface area contributed by atoms with E-state index in [4.69, 9.17) is 0 Å². The molecular weight excluding hydrogens is 250 g/mol.